The summed E-state index contributed by atoms with van der Waals surface area (Å²) in [4.78, 5) is 11.0. The molecule has 2 atom stereocenters. The van der Waals surface area contributed by atoms with E-state index in [0.717, 1.165) is 0 Å². The quantitative estimate of drug-likeness (QED) is 0.585. The fourth-order valence-corrected chi connectivity index (χ4v) is 1.14. The van der Waals surface area contributed by atoms with Gasteiger partial charge in [0.05, 0.1) is 0 Å². The number of rotatable bonds is 2. The van der Waals surface area contributed by atoms with Gasteiger partial charge in [-0.05, 0) is 6.92 Å². The molecule has 0 aliphatic carbocycles. The Labute approximate surface area is 76.9 Å². The monoisotopic (exact) mass is 190 g/mol. The van der Waals surface area contributed by atoms with Crippen molar-refractivity contribution in [1.29, 1.82) is 0 Å². The Morgan fingerprint density at radius 3 is 2.23 bits per heavy atom. The lowest BCUT2D eigenvalue weighted by molar-refractivity contribution is -0.392. The molecule has 1 rings (SSSR count). The molecule has 0 radical (unpaired) electrons. The summed E-state index contributed by atoms with van der Waals surface area (Å²) in [6.07, 6.45) is 0. The molecule has 13 heavy (non-hydrogen) atoms. The first-order valence-corrected chi connectivity index (χ1v) is 3.93. The topological polar surface area (TPSA) is 54.0 Å². The Morgan fingerprint density at radius 2 is 1.77 bits per heavy atom. The number of methoxy groups -OCH3 is 2. The maximum atomic E-state index is 11.0. The maximum Gasteiger partial charge on any atom is 0.334 e. The molecule has 0 amide bonds. The number of cyclic esters (lactones) is 1. The summed E-state index contributed by atoms with van der Waals surface area (Å²) in [7, 11) is 2.90. The van der Waals surface area contributed by atoms with Crippen LogP contribution in [0.4, 0.5) is 0 Å². The van der Waals surface area contributed by atoms with Gasteiger partial charge in [-0.15, -0.1) is 0 Å². The molecule has 1 fully saturated rings. The molecule has 2 unspecified atom stereocenters. The number of esters is 1. The largest absolute Gasteiger partial charge is 0.426 e. The van der Waals surface area contributed by atoms with Crippen LogP contribution in [0.25, 0.3) is 0 Å². The van der Waals surface area contributed by atoms with Crippen molar-refractivity contribution in [2.75, 3.05) is 20.8 Å². The number of ether oxygens (including phenoxy) is 4. The van der Waals surface area contributed by atoms with E-state index < -0.39 is 17.5 Å². The normalized spacial score (nSPS) is 40.2. The highest BCUT2D eigenvalue weighted by atomic mass is 16.8. The number of hydrogen-bond acceptors (Lipinski definition) is 5. The predicted octanol–water partition coefficient (Wildman–Crippen LogP) is 0.285. The van der Waals surface area contributed by atoms with Crippen molar-refractivity contribution < 1.29 is 23.7 Å². The fourth-order valence-electron chi connectivity index (χ4n) is 1.14. The maximum absolute atomic E-state index is 11.0. The third-order valence-corrected chi connectivity index (χ3v) is 2.38. The molecule has 5 heteroatoms. The van der Waals surface area contributed by atoms with E-state index in [1.54, 1.807) is 13.8 Å². The van der Waals surface area contributed by atoms with Gasteiger partial charge in [0.2, 0.25) is 5.79 Å². The molecule has 1 aliphatic rings. The second-order valence-electron chi connectivity index (χ2n) is 3.06. The van der Waals surface area contributed by atoms with E-state index in [0.29, 0.717) is 0 Å². The molecular weight excluding hydrogens is 176 g/mol. The summed E-state index contributed by atoms with van der Waals surface area (Å²) >= 11 is 0. The van der Waals surface area contributed by atoms with Gasteiger partial charge in [-0.1, -0.05) is 0 Å². The van der Waals surface area contributed by atoms with Crippen molar-refractivity contribution in [1.82, 2.24) is 0 Å². The first-order chi connectivity index (χ1) is 5.97. The molecule has 0 aromatic heterocycles. The first-order valence-electron chi connectivity index (χ1n) is 3.93. The standard InChI is InChI=1S/C8H14O5/c1-7(10-3)8(2,11-4)13-6(9)5-12-7/h5H2,1-4H3. The Morgan fingerprint density at radius 1 is 1.23 bits per heavy atom. The van der Waals surface area contributed by atoms with Gasteiger partial charge < -0.3 is 18.9 Å². The van der Waals surface area contributed by atoms with Crippen molar-refractivity contribution in [3.8, 4) is 0 Å². The molecule has 0 bridgehead atoms. The lowest BCUT2D eigenvalue weighted by atomic mass is 10.1. The molecule has 1 aliphatic heterocycles. The summed E-state index contributed by atoms with van der Waals surface area (Å²) in [5.74, 6) is -2.72. The Kier molecular flexibility index (Phi) is 2.61. The van der Waals surface area contributed by atoms with E-state index >= 15 is 0 Å². The minimum atomic E-state index is -1.20. The lowest BCUT2D eigenvalue weighted by Gasteiger charge is -2.45. The van der Waals surface area contributed by atoms with E-state index in [4.69, 9.17) is 18.9 Å². The Bertz CT molecular complexity index is 217. The molecule has 0 spiro atoms. The average Bonchev–Trinajstić information content (AvgIpc) is 2.12. The molecule has 0 aromatic carbocycles. The van der Waals surface area contributed by atoms with E-state index in [2.05, 4.69) is 0 Å². The highest BCUT2D eigenvalue weighted by molar-refractivity contribution is 5.72. The lowest BCUT2D eigenvalue weighted by Crippen LogP contribution is -2.61. The Hall–Kier alpha value is -0.650. The zero-order valence-corrected chi connectivity index (χ0v) is 8.25. The summed E-state index contributed by atoms with van der Waals surface area (Å²) in [6.45, 7) is 3.12. The fraction of sp³-hybridized carbons (Fsp3) is 0.875. The van der Waals surface area contributed by atoms with Crippen molar-refractivity contribution in [3.63, 3.8) is 0 Å². The third kappa shape index (κ3) is 1.54. The molecule has 0 aromatic rings. The van der Waals surface area contributed by atoms with Crippen molar-refractivity contribution in [3.05, 3.63) is 0 Å². The number of carbonyl (C=O) groups is 1. The minimum absolute atomic E-state index is 0.122. The van der Waals surface area contributed by atoms with Gasteiger partial charge in [-0.2, -0.15) is 0 Å². The van der Waals surface area contributed by atoms with Crippen LogP contribution in [0.3, 0.4) is 0 Å². The molecule has 76 valence electrons. The van der Waals surface area contributed by atoms with Gasteiger partial charge in [0, 0.05) is 21.1 Å². The van der Waals surface area contributed by atoms with Crippen molar-refractivity contribution in [2.45, 2.75) is 25.4 Å². The predicted molar refractivity (Wildman–Crippen MR) is 42.9 cm³/mol. The van der Waals surface area contributed by atoms with Gasteiger partial charge in [-0.25, -0.2) is 4.79 Å². The molecule has 0 saturated carbocycles. The van der Waals surface area contributed by atoms with Gasteiger partial charge in [0.25, 0.3) is 5.79 Å². The van der Waals surface area contributed by atoms with Crippen LogP contribution >= 0.6 is 0 Å². The highest BCUT2D eigenvalue weighted by Gasteiger charge is 2.54. The SMILES string of the molecule is COC1(C)OCC(=O)OC1(C)OC. The zero-order chi connectivity index (χ0) is 10.1. The average molecular weight is 190 g/mol. The first kappa shape index (κ1) is 10.4. The molecular formula is C8H14O5. The van der Waals surface area contributed by atoms with Gasteiger partial charge in [-0.3, -0.25) is 0 Å². The van der Waals surface area contributed by atoms with E-state index in [1.807, 2.05) is 0 Å². The van der Waals surface area contributed by atoms with Crippen LogP contribution in [0.1, 0.15) is 13.8 Å². The van der Waals surface area contributed by atoms with Crippen LogP contribution in [0.15, 0.2) is 0 Å². The molecule has 5 nitrogen and oxygen atoms in total. The van der Waals surface area contributed by atoms with Crippen LogP contribution in [0, 0.1) is 0 Å². The number of carbonyl (C=O) groups excluding carboxylic acids is 1. The van der Waals surface area contributed by atoms with E-state index in [1.165, 1.54) is 14.2 Å². The van der Waals surface area contributed by atoms with Gasteiger partial charge in [0.15, 0.2) is 0 Å². The molecule has 1 heterocycles. The zero-order valence-electron chi connectivity index (χ0n) is 8.25. The Balaban J connectivity index is 2.90. The second-order valence-corrected chi connectivity index (χ2v) is 3.06. The van der Waals surface area contributed by atoms with Crippen molar-refractivity contribution in [2.24, 2.45) is 0 Å². The second kappa shape index (κ2) is 3.25. The molecule has 1 saturated heterocycles. The van der Waals surface area contributed by atoms with Crippen LogP contribution in [0.2, 0.25) is 0 Å². The van der Waals surface area contributed by atoms with E-state index in [-0.39, 0.29) is 6.61 Å². The van der Waals surface area contributed by atoms with Gasteiger partial charge >= 0.3 is 5.97 Å². The van der Waals surface area contributed by atoms with Gasteiger partial charge in [0.1, 0.15) is 6.61 Å². The van der Waals surface area contributed by atoms with E-state index in [9.17, 15) is 4.79 Å². The van der Waals surface area contributed by atoms with Crippen LogP contribution < -0.4 is 0 Å². The summed E-state index contributed by atoms with van der Waals surface area (Å²) < 4.78 is 20.4. The van der Waals surface area contributed by atoms with Crippen LogP contribution in [0.5, 0.6) is 0 Å². The molecule has 0 N–H and O–H groups in total. The summed E-state index contributed by atoms with van der Waals surface area (Å²) in [6, 6.07) is 0. The summed E-state index contributed by atoms with van der Waals surface area (Å²) in [5.41, 5.74) is 0. The minimum Gasteiger partial charge on any atom is -0.426 e. The third-order valence-electron chi connectivity index (χ3n) is 2.38. The van der Waals surface area contributed by atoms with Crippen LogP contribution in [-0.2, 0) is 23.7 Å². The smallest absolute Gasteiger partial charge is 0.334 e. The highest BCUT2D eigenvalue weighted by Crippen LogP contribution is 2.34. The number of hydrogen-bond donors (Lipinski definition) is 0. The summed E-state index contributed by atoms with van der Waals surface area (Å²) in [5, 5.41) is 0. The van der Waals surface area contributed by atoms with Crippen LogP contribution in [-0.4, -0.2) is 38.4 Å². The van der Waals surface area contributed by atoms with Crippen molar-refractivity contribution >= 4 is 5.97 Å².